The molecular weight excluding hydrogens is 390 g/mol. The SMILES string of the molecule is O=S(=O)([O-])F.O=S(=O)([O-])F.O=S(=O)([O-])F.[Nb+3]. The smallest absolute Gasteiger partial charge is 0.722 e. The Labute approximate surface area is 104 Å². The molecule has 98 valence electrons. The fourth-order valence-electron chi connectivity index (χ4n) is 0. The zero-order valence-corrected chi connectivity index (χ0v) is 11.1. The molecule has 9 nitrogen and oxygen atoms in total. The summed E-state index contributed by atoms with van der Waals surface area (Å²) in [6, 6.07) is 0. The predicted octanol–water partition coefficient (Wildman–Crippen LogP) is -1.75. The third-order valence-electron chi connectivity index (χ3n) is 0. The average molecular weight is 390 g/mol. The number of hydrogen-bond acceptors (Lipinski definition) is 9. The van der Waals surface area contributed by atoms with E-state index in [2.05, 4.69) is 0 Å². The molecule has 16 heteroatoms. The van der Waals surface area contributed by atoms with Crippen LogP contribution in [-0.2, 0) is 53.9 Å². The van der Waals surface area contributed by atoms with Crippen LogP contribution in [0.15, 0.2) is 0 Å². The topological polar surface area (TPSA) is 172 Å². The maximum Gasteiger partial charge on any atom is 3.00 e. The van der Waals surface area contributed by atoms with Crippen LogP contribution < -0.4 is 0 Å². The molecule has 0 aromatic carbocycles. The molecule has 0 N–H and O–H groups in total. The van der Waals surface area contributed by atoms with Gasteiger partial charge in [-0.3, -0.25) is 0 Å². The summed E-state index contributed by atoms with van der Waals surface area (Å²) in [5.41, 5.74) is 0. The van der Waals surface area contributed by atoms with Crippen molar-refractivity contribution in [3.8, 4) is 0 Å². The first-order valence-electron chi connectivity index (χ1n) is 1.96. The second kappa shape index (κ2) is 9.31. The van der Waals surface area contributed by atoms with Crippen molar-refractivity contribution in [1.29, 1.82) is 0 Å². The van der Waals surface area contributed by atoms with Crippen molar-refractivity contribution in [3.05, 3.63) is 0 Å². The Hall–Kier alpha value is 0.260. The summed E-state index contributed by atoms with van der Waals surface area (Å²) in [4.78, 5) is 0. The Kier molecular flexibility index (Phi) is 14.7. The number of halogens is 3. The maximum absolute atomic E-state index is 10.1. The van der Waals surface area contributed by atoms with E-state index in [1.165, 1.54) is 0 Å². The largest absolute Gasteiger partial charge is 3.00 e. The van der Waals surface area contributed by atoms with Crippen molar-refractivity contribution in [2.24, 2.45) is 0 Å². The van der Waals surface area contributed by atoms with Crippen LogP contribution in [-0.4, -0.2) is 38.9 Å². The van der Waals surface area contributed by atoms with Gasteiger partial charge in [0, 0.05) is 0 Å². The Balaban J connectivity index is -0.0000000655. The van der Waals surface area contributed by atoms with E-state index in [-0.39, 0.29) is 22.4 Å². The van der Waals surface area contributed by atoms with Crippen LogP contribution in [0.3, 0.4) is 0 Å². The molecular formula is F3NbO9S3. The van der Waals surface area contributed by atoms with Crippen molar-refractivity contribution in [3.63, 3.8) is 0 Å². The summed E-state index contributed by atoms with van der Waals surface area (Å²) >= 11 is 0. The van der Waals surface area contributed by atoms with Crippen LogP contribution in [0, 0.1) is 0 Å². The van der Waals surface area contributed by atoms with Crippen molar-refractivity contribution in [1.82, 2.24) is 0 Å². The molecule has 0 aliphatic heterocycles. The van der Waals surface area contributed by atoms with Crippen molar-refractivity contribution in [2.45, 2.75) is 0 Å². The van der Waals surface area contributed by atoms with Crippen LogP contribution in [0.5, 0.6) is 0 Å². The van der Waals surface area contributed by atoms with Gasteiger partial charge in [-0.15, -0.1) is 11.7 Å². The first-order valence-corrected chi connectivity index (χ1v) is 5.89. The summed E-state index contributed by atoms with van der Waals surface area (Å²) in [7, 11) is -16.2. The predicted molar refractivity (Wildman–Crippen MR) is 32.4 cm³/mol. The molecule has 0 saturated heterocycles. The van der Waals surface area contributed by atoms with Gasteiger partial charge in [0.25, 0.3) is 31.5 Å². The van der Waals surface area contributed by atoms with Gasteiger partial charge < -0.3 is 13.7 Å². The fraction of sp³-hybridized carbons (Fsp3) is 0. The minimum Gasteiger partial charge on any atom is -0.722 e. The molecule has 0 atom stereocenters. The van der Waals surface area contributed by atoms with Crippen LogP contribution in [0.25, 0.3) is 0 Å². The van der Waals surface area contributed by atoms with E-state index in [9.17, 15) is 11.7 Å². The molecule has 0 aliphatic carbocycles. The van der Waals surface area contributed by atoms with Crippen LogP contribution in [0.1, 0.15) is 0 Å². The van der Waals surface area contributed by atoms with Crippen LogP contribution >= 0.6 is 0 Å². The van der Waals surface area contributed by atoms with E-state index in [0.717, 1.165) is 0 Å². The van der Waals surface area contributed by atoms with Gasteiger partial charge in [-0.05, 0) is 0 Å². The number of hydrogen-bond donors (Lipinski definition) is 0. The Morgan fingerprint density at radius 2 is 0.562 bits per heavy atom. The second-order valence-corrected chi connectivity index (χ2v) is 3.54. The molecule has 0 fully saturated rings. The third-order valence-corrected chi connectivity index (χ3v) is 0. The van der Waals surface area contributed by atoms with E-state index in [4.69, 9.17) is 38.9 Å². The van der Waals surface area contributed by atoms with E-state index < -0.39 is 31.5 Å². The van der Waals surface area contributed by atoms with Crippen LogP contribution in [0.2, 0.25) is 0 Å². The monoisotopic (exact) mass is 390 g/mol. The van der Waals surface area contributed by atoms with Gasteiger partial charge in [-0.2, -0.15) is 0 Å². The standard InChI is InChI=1S/3FHO3S.Nb/c3*1-5(2,3)4;/h3*(H,2,3,4);/q;;;+3/p-3. The van der Waals surface area contributed by atoms with Crippen molar-refractivity contribution in [2.75, 3.05) is 0 Å². The van der Waals surface area contributed by atoms with Crippen molar-refractivity contribution < 1.29 is 72.9 Å². The van der Waals surface area contributed by atoms with Crippen LogP contribution in [0.4, 0.5) is 11.7 Å². The Bertz CT molecular complexity index is 347. The maximum atomic E-state index is 10.1. The van der Waals surface area contributed by atoms with E-state index in [0.29, 0.717) is 0 Å². The second-order valence-electron chi connectivity index (χ2n) is 1.18. The van der Waals surface area contributed by atoms with E-state index >= 15 is 0 Å². The van der Waals surface area contributed by atoms with Gasteiger partial charge >= 0.3 is 22.4 Å². The summed E-state index contributed by atoms with van der Waals surface area (Å²) in [5, 5.41) is 0. The zero-order valence-electron chi connectivity index (χ0n) is 6.48. The van der Waals surface area contributed by atoms with Gasteiger partial charge in [0.05, 0.1) is 0 Å². The molecule has 0 aromatic heterocycles. The van der Waals surface area contributed by atoms with Gasteiger partial charge in [-0.1, -0.05) is 0 Å². The molecule has 0 unspecified atom stereocenters. The molecule has 0 bridgehead atoms. The van der Waals surface area contributed by atoms with Gasteiger partial charge in [0.2, 0.25) is 0 Å². The first kappa shape index (κ1) is 25.2. The molecule has 0 spiro atoms. The molecule has 0 saturated carbocycles. The summed E-state index contributed by atoms with van der Waals surface area (Å²) in [6.07, 6.45) is 0. The molecule has 0 rings (SSSR count). The molecule has 0 radical (unpaired) electrons. The van der Waals surface area contributed by atoms with Gasteiger partial charge in [0.1, 0.15) is 0 Å². The zero-order chi connectivity index (χ0) is 13.5. The molecule has 0 heterocycles. The molecule has 0 amide bonds. The first-order chi connectivity index (χ1) is 6.00. The van der Waals surface area contributed by atoms with Gasteiger partial charge in [0.15, 0.2) is 0 Å². The molecule has 16 heavy (non-hydrogen) atoms. The van der Waals surface area contributed by atoms with E-state index in [1.54, 1.807) is 0 Å². The van der Waals surface area contributed by atoms with E-state index in [1.807, 2.05) is 0 Å². The summed E-state index contributed by atoms with van der Waals surface area (Å²) in [5.74, 6) is 0. The quantitative estimate of drug-likeness (QED) is 0.264. The van der Waals surface area contributed by atoms with Gasteiger partial charge in [-0.25, -0.2) is 25.3 Å². The van der Waals surface area contributed by atoms with Crippen molar-refractivity contribution >= 4 is 31.5 Å². The molecule has 0 aromatic rings. The summed E-state index contributed by atoms with van der Waals surface area (Å²) < 4.78 is 106. The fourth-order valence-corrected chi connectivity index (χ4v) is 0. The Morgan fingerprint density at radius 1 is 0.562 bits per heavy atom. The normalized spacial score (nSPS) is 10.9. The molecule has 0 aliphatic rings. The Morgan fingerprint density at radius 3 is 0.562 bits per heavy atom. The minimum absolute atomic E-state index is 0. The summed E-state index contributed by atoms with van der Waals surface area (Å²) in [6.45, 7) is 0. The minimum atomic E-state index is -5.42. The third kappa shape index (κ3) is 37000. The number of rotatable bonds is 0. The average Bonchev–Trinajstić information content (AvgIpc) is 1.41.